The Labute approximate surface area is 157 Å². The third-order valence-corrected chi connectivity index (χ3v) is 4.29. The first-order valence-electron chi connectivity index (χ1n) is 8.32. The van der Waals surface area contributed by atoms with Gasteiger partial charge >= 0.3 is 0 Å². The average molecular weight is 370 g/mol. The van der Waals surface area contributed by atoms with Crippen LogP contribution in [0.15, 0.2) is 36.5 Å². The lowest BCUT2D eigenvalue weighted by atomic mass is 9.96. The van der Waals surface area contributed by atoms with Gasteiger partial charge in [0.05, 0.1) is 18.2 Å². The average Bonchev–Trinajstić information content (AvgIpc) is 2.59. The van der Waals surface area contributed by atoms with Crippen LogP contribution in [0.1, 0.15) is 31.1 Å². The normalized spacial score (nSPS) is 11.0. The maximum atomic E-state index is 12.4. The minimum Gasteiger partial charge on any atom is -0.495 e. The lowest BCUT2D eigenvalue weighted by molar-refractivity contribution is 0.101. The molecular weight excluding hydrogens is 350 g/mol. The molecule has 5 nitrogen and oxygen atoms in total. The van der Waals surface area contributed by atoms with Gasteiger partial charge in [-0.15, -0.1) is 0 Å². The molecule has 1 N–H and O–H groups in total. The van der Waals surface area contributed by atoms with E-state index in [1.165, 1.54) is 6.92 Å². The third kappa shape index (κ3) is 3.35. The van der Waals surface area contributed by atoms with Gasteiger partial charge < -0.3 is 10.1 Å². The highest BCUT2D eigenvalue weighted by Gasteiger charge is 2.21. The molecule has 0 radical (unpaired) electrons. The number of methoxy groups -OCH3 is 1. The molecule has 0 amide bonds. The smallest absolute Gasteiger partial charge is 0.223 e. The minimum absolute atomic E-state index is 0.130. The molecule has 0 fully saturated rings. The summed E-state index contributed by atoms with van der Waals surface area (Å²) in [4.78, 5) is 21.3. The number of aromatic nitrogens is 2. The molecule has 2 aromatic carbocycles. The minimum atomic E-state index is -0.130. The molecule has 0 aliphatic rings. The number of rotatable bonds is 5. The summed E-state index contributed by atoms with van der Waals surface area (Å²) in [6.45, 7) is 5.51. The number of ketones is 1. The highest BCUT2D eigenvalue weighted by atomic mass is 35.5. The third-order valence-electron chi connectivity index (χ3n) is 3.96. The number of halogens is 1. The molecule has 0 bridgehead atoms. The largest absolute Gasteiger partial charge is 0.495 e. The van der Waals surface area contributed by atoms with Gasteiger partial charge in [0, 0.05) is 33.8 Å². The van der Waals surface area contributed by atoms with Crippen LogP contribution < -0.4 is 10.1 Å². The van der Waals surface area contributed by atoms with Crippen molar-refractivity contribution in [3.8, 4) is 16.9 Å². The Kier molecular flexibility index (Phi) is 5.09. The molecule has 0 spiro atoms. The lowest BCUT2D eigenvalue weighted by Crippen LogP contribution is -2.13. The fourth-order valence-corrected chi connectivity index (χ4v) is 3.14. The number of benzene rings is 2. The van der Waals surface area contributed by atoms with Gasteiger partial charge in [0.1, 0.15) is 5.75 Å². The van der Waals surface area contributed by atoms with E-state index in [1.807, 2.05) is 38.1 Å². The number of fused-ring (bicyclic) bond motifs is 1. The Morgan fingerprint density at radius 3 is 2.58 bits per heavy atom. The molecule has 26 heavy (non-hydrogen) atoms. The van der Waals surface area contributed by atoms with Crippen molar-refractivity contribution in [1.82, 2.24) is 9.97 Å². The molecule has 0 atom stereocenters. The summed E-state index contributed by atoms with van der Waals surface area (Å²) in [6.07, 6.45) is 1.71. The molecule has 6 heteroatoms. The Bertz CT molecular complexity index is 986. The van der Waals surface area contributed by atoms with E-state index >= 15 is 0 Å². The number of Topliss-reactive ketones (excluding diaryl/α,β-unsaturated/α-hetero) is 1. The van der Waals surface area contributed by atoms with E-state index in [-0.39, 0.29) is 11.8 Å². The first-order valence-corrected chi connectivity index (χ1v) is 8.70. The summed E-state index contributed by atoms with van der Waals surface area (Å²) >= 11 is 6.37. The van der Waals surface area contributed by atoms with Crippen molar-refractivity contribution in [3.05, 3.63) is 47.1 Å². The van der Waals surface area contributed by atoms with E-state index in [0.717, 1.165) is 16.5 Å². The molecule has 1 aromatic heterocycles. The van der Waals surface area contributed by atoms with Gasteiger partial charge in [-0.3, -0.25) is 4.79 Å². The standard InChI is InChI=1S/C20H20ClN3O2/c1-11(2)23-20-22-10-13-9-15(14-7-5-6-8-16(14)21)19(26-4)17(12(3)25)18(13)24-20/h5-11H,1-4H3,(H,22,23,24). The van der Waals surface area contributed by atoms with Gasteiger partial charge in [-0.2, -0.15) is 0 Å². The van der Waals surface area contributed by atoms with Crippen molar-refractivity contribution in [2.24, 2.45) is 0 Å². The second kappa shape index (κ2) is 7.30. The molecule has 3 aromatic rings. The van der Waals surface area contributed by atoms with Crippen LogP contribution >= 0.6 is 11.6 Å². The zero-order valence-electron chi connectivity index (χ0n) is 15.1. The van der Waals surface area contributed by atoms with Crippen molar-refractivity contribution < 1.29 is 9.53 Å². The summed E-state index contributed by atoms with van der Waals surface area (Å²) in [5.41, 5.74) is 2.51. The van der Waals surface area contributed by atoms with Gasteiger partial charge in [-0.25, -0.2) is 9.97 Å². The molecule has 0 aliphatic heterocycles. The van der Waals surface area contributed by atoms with Crippen LogP contribution in [-0.4, -0.2) is 28.9 Å². The van der Waals surface area contributed by atoms with Crippen LogP contribution in [0.4, 0.5) is 5.95 Å². The zero-order valence-corrected chi connectivity index (χ0v) is 15.9. The number of anilines is 1. The fraction of sp³-hybridized carbons (Fsp3) is 0.250. The van der Waals surface area contributed by atoms with Gasteiger partial charge in [-0.1, -0.05) is 29.8 Å². The van der Waals surface area contributed by atoms with Crippen molar-refractivity contribution in [2.75, 3.05) is 12.4 Å². The first-order chi connectivity index (χ1) is 12.4. The van der Waals surface area contributed by atoms with E-state index in [2.05, 4.69) is 15.3 Å². The number of hydrogen-bond donors (Lipinski definition) is 1. The van der Waals surface area contributed by atoms with E-state index in [4.69, 9.17) is 16.3 Å². The van der Waals surface area contributed by atoms with Gasteiger partial charge in [0.15, 0.2) is 5.78 Å². The number of hydrogen-bond acceptors (Lipinski definition) is 5. The van der Waals surface area contributed by atoms with Crippen LogP contribution in [-0.2, 0) is 0 Å². The maximum Gasteiger partial charge on any atom is 0.223 e. The molecular formula is C20H20ClN3O2. The fourth-order valence-electron chi connectivity index (χ4n) is 2.91. The summed E-state index contributed by atoms with van der Waals surface area (Å²) in [7, 11) is 1.54. The van der Waals surface area contributed by atoms with Crippen molar-refractivity contribution in [1.29, 1.82) is 0 Å². The van der Waals surface area contributed by atoms with E-state index in [9.17, 15) is 4.79 Å². The Morgan fingerprint density at radius 1 is 1.23 bits per heavy atom. The highest BCUT2D eigenvalue weighted by Crippen LogP contribution is 2.40. The number of ether oxygens (including phenoxy) is 1. The molecule has 1 heterocycles. The highest BCUT2D eigenvalue weighted by molar-refractivity contribution is 6.33. The second-order valence-corrected chi connectivity index (χ2v) is 6.71. The molecule has 134 valence electrons. The number of carbonyl (C=O) groups excluding carboxylic acids is 1. The van der Waals surface area contributed by atoms with Crippen LogP contribution in [0.2, 0.25) is 5.02 Å². The summed E-state index contributed by atoms with van der Waals surface area (Å²) in [6, 6.07) is 9.53. The number of nitrogens with zero attached hydrogens (tertiary/aromatic N) is 2. The quantitative estimate of drug-likeness (QED) is 0.642. The monoisotopic (exact) mass is 369 g/mol. The van der Waals surface area contributed by atoms with Gasteiger partial charge in [0.2, 0.25) is 5.95 Å². The van der Waals surface area contributed by atoms with E-state index in [0.29, 0.717) is 27.8 Å². The molecule has 0 unspecified atom stereocenters. The van der Waals surface area contributed by atoms with Crippen LogP contribution in [0, 0.1) is 0 Å². The molecule has 0 aliphatic carbocycles. The van der Waals surface area contributed by atoms with Crippen LogP contribution in [0.5, 0.6) is 5.75 Å². The molecule has 3 rings (SSSR count). The molecule has 0 saturated carbocycles. The van der Waals surface area contributed by atoms with Crippen LogP contribution in [0.3, 0.4) is 0 Å². The lowest BCUT2D eigenvalue weighted by Gasteiger charge is -2.16. The number of carbonyl (C=O) groups is 1. The maximum absolute atomic E-state index is 12.4. The topological polar surface area (TPSA) is 64.1 Å². The SMILES string of the molecule is COc1c(-c2ccccc2Cl)cc2cnc(NC(C)C)nc2c1C(C)=O. The van der Waals surface area contributed by atoms with E-state index < -0.39 is 0 Å². The zero-order chi connectivity index (χ0) is 18.8. The van der Waals surface area contributed by atoms with Crippen molar-refractivity contribution in [3.63, 3.8) is 0 Å². The van der Waals surface area contributed by atoms with Gasteiger partial charge in [-0.05, 0) is 32.9 Å². The summed E-state index contributed by atoms with van der Waals surface area (Å²) in [5.74, 6) is 0.810. The van der Waals surface area contributed by atoms with E-state index in [1.54, 1.807) is 19.4 Å². The van der Waals surface area contributed by atoms with Crippen LogP contribution in [0.25, 0.3) is 22.0 Å². The molecule has 0 saturated heterocycles. The first kappa shape index (κ1) is 18.1. The summed E-state index contributed by atoms with van der Waals surface area (Å²) < 4.78 is 5.62. The van der Waals surface area contributed by atoms with Gasteiger partial charge in [0.25, 0.3) is 0 Å². The van der Waals surface area contributed by atoms with Crippen molar-refractivity contribution in [2.45, 2.75) is 26.8 Å². The Balaban J connectivity index is 2.35. The van der Waals surface area contributed by atoms with Crippen molar-refractivity contribution >= 4 is 34.2 Å². The number of nitrogens with one attached hydrogen (secondary N) is 1. The summed E-state index contributed by atoms with van der Waals surface area (Å²) in [5, 5.41) is 4.49. The predicted molar refractivity (Wildman–Crippen MR) is 105 cm³/mol. The second-order valence-electron chi connectivity index (χ2n) is 6.30. The Morgan fingerprint density at radius 2 is 1.96 bits per heavy atom. The predicted octanol–water partition coefficient (Wildman–Crippen LogP) is 4.98. The Hall–Kier alpha value is -2.66.